The van der Waals surface area contributed by atoms with Gasteiger partial charge in [-0.25, -0.2) is 0 Å². The summed E-state index contributed by atoms with van der Waals surface area (Å²) in [7, 11) is 0. The second-order valence-corrected chi connectivity index (χ2v) is 2.99. The lowest BCUT2D eigenvalue weighted by molar-refractivity contribution is -0.109. The Bertz CT molecular complexity index is 104. The summed E-state index contributed by atoms with van der Waals surface area (Å²) in [5.41, 5.74) is 5.32. The van der Waals surface area contributed by atoms with Gasteiger partial charge in [0.1, 0.15) is 6.29 Å². The Morgan fingerprint density at radius 2 is 2.18 bits per heavy atom. The molecule has 0 saturated carbocycles. The first-order valence-electron chi connectivity index (χ1n) is 4.12. The predicted octanol–water partition coefficient (Wildman–Crippen LogP) is 0.291. The van der Waals surface area contributed by atoms with Crippen molar-refractivity contribution in [2.45, 2.75) is 38.8 Å². The number of hydrogen-bond acceptors (Lipinski definition) is 3. The van der Waals surface area contributed by atoms with E-state index in [4.69, 9.17) is 5.73 Å². The Labute approximate surface area is 68.3 Å². The number of rotatable bonds is 6. The fraction of sp³-hybridized carbons (Fsp3) is 0.875. The highest BCUT2D eigenvalue weighted by Gasteiger charge is 2.06. The maximum atomic E-state index is 10.4. The van der Waals surface area contributed by atoms with Crippen LogP contribution < -0.4 is 11.1 Å². The van der Waals surface area contributed by atoms with Gasteiger partial charge in [-0.3, -0.25) is 0 Å². The largest absolute Gasteiger partial charge is 0.330 e. The average molecular weight is 158 g/mol. The molecule has 0 amide bonds. The van der Waals surface area contributed by atoms with Crippen molar-refractivity contribution in [1.82, 2.24) is 5.32 Å². The molecule has 0 spiro atoms. The normalized spacial score (nSPS) is 13.5. The zero-order valence-electron chi connectivity index (χ0n) is 7.34. The first-order valence-corrected chi connectivity index (χ1v) is 4.12. The second kappa shape index (κ2) is 6.31. The highest BCUT2D eigenvalue weighted by atomic mass is 16.1. The van der Waals surface area contributed by atoms with Crippen LogP contribution in [0, 0.1) is 0 Å². The molecule has 0 aromatic rings. The molecule has 0 bridgehead atoms. The van der Waals surface area contributed by atoms with Crippen LogP contribution in [0.15, 0.2) is 0 Å². The molecule has 3 heteroatoms. The van der Waals surface area contributed by atoms with Gasteiger partial charge in [0.25, 0.3) is 0 Å². The van der Waals surface area contributed by atoms with E-state index in [-0.39, 0.29) is 6.04 Å². The Morgan fingerprint density at radius 1 is 1.55 bits per heavy atom. The van der Waals surface area contributed by atoms with Crippen molar-refractivity contribution in [2.24, 2.45) is 5.73 Å². The molecule has 0 aromatic carbocycles. The molecule has 0 unspecified atom stereocenters. The van der Waals surface area contributed by atoms with Crippen LogP contribution >= 0.6 is 0 Å². The van der Waals surface area contributed by atoms with Crippen LogP contribution in [0.1, 0.15) is 26.7 Å². The van der Waals surface area contributed by atoms with Crippen LogP contribution in [-0.2, 0) is 4.79 Å². The average Bonchev–Trinajstić information content (AvgIpc) is 1.97. The highest BCUT2D eigenvalue weighted by molar-refractivity contribution is 5.57. The molecule has 11 heavy (non-hydrogen) atoms. The maximum absolute atomic E-state index is 10.4. The minimum absolute atomic E-state index is 0.0152. The van der Waals surface area contributed by atoms with E-state index >= 15 is 0 Å². The van der Waals surface area contributed by atoms with E-state index in [2.05, 4.69) is 5.32 Å². The summed E-state index contributed by atoms with van der Waals surface area (Å²) < 4.78 is 0. The predicted molar refractivity (Wildman–Crippen MR) is 46.4 cm³/mol. The van der Waals surface area contributed by atoms with E-state index < -0.39 is 0 Å². The quantitative estimate of drug-likeness (QED) is 0.546. The van der Waals surface area contributed by atoms with Crippen molar-refractivity contribution >= 4 is 6.29 Å². The molecule has 0 aliphatic heterocycles. The summed E-state index contributed by atoms with van der Waals surface area (Å²) in [6, 6.07) is 0.349. The molecule has 0 fully saturated rings. The summed E-state index contributed by atoms with van der Waals surface area (Å²) in [4.78, 5) is 10.4. The number of hydrogen-bond donors (Lipinski definition) is 2. The summed E-state index contributed by atoms with van der Waals surface area (Å²) in [6.07, 6.45) is 2.71. The molecule has 0 saturated heterocycles. The number of nitrogens with one attached hydrogen (secondary N) is 1. The smallest absolute Gasteiger partial charge is 0.136 e. The molecule has 0 heterocycles. The first-order chi connectivity index (χ1) is 5.20. The molecule has 3 N–H and O–H groups in total. The fourth-order valence-electron chi connectivity index (χ4n) is 0.957. The van der Waals surface area contributed by atoms with Crippen molar-refractivity contribution < 1.29 is 4.79 Å². The zero-order chi connectivity index (χ0) is 8.69. The molecule has 0 aromatic heterocycles. The summed E-state index contributed by atoms with van der Waals surface area (Å²) >= 11 is 0. The maximum Gasteiger partial charge on any atom is 0.136 e. The topological polar surface area (TPSA) is 55.1 Å². The Hall–Kier alpha value is -0.410. The molecule has 0 rings (SSSR count). The molecule has 1 atom stereocenters. The Balaban J connectivity index is 3.49. The van der Waals surface area contributed by atoms with Crippen molar-refractivity contribution in [2.75, 3.05) is 6.54 Å². The highest BCUT2D eigenvalue weighted by Crippen LogP contribution is 1.94. The van der Waals surface area contributed by atoms with Crippen molar-refractivity contribution in [3.05, 3.63) is 0 Å². The Morgan fingerprint density at radius 3 is 2.55 bits per heavy atom. The van der Waals surface area contributed by atoms with Gasteiger partial charge in [-0.2, -0.15) is 0 Å². The SMILES string of the molecule is CC(C)N[C@H](C=O)CCCN. The lowest BCUT2D eigenvalue weighted by atomic mass is 10.1. The molecular formula is C8H18N2O. The summed E-state index contributed by atoms with van der Waals surface area (Å²) in [5.74, 6) is 0. The molecule has 0 radical (unpaired) electrons. The lowest BCUT2D eigenvalue weighted by Crippen LogP contribution is -2.36. The number of aldehydes is 1. The van der Waals surface area contributed by atoms with Crippen LogP contribution in [-0.4, -0.2) is 24.9 Å². The van der Waals surface area contributed by atoms with E-state index in [1.54, 1.807) is 0 Å². The molecule has 66 valence electrons. The third-order valence-electron chi connectivity index (χ3n) is 1.43. The van der Waals surface area contributed by atoms with Gasteiger partial charge in [0.15, 0.2) is 0 Å². The summed E-state index contributed by atoms with van der Waals surface area (Å²) in [6.45, 7) is 4.71. The van der Waals surface area contributed by atoms with Crippen LogP contribution in [0.3, 0.4) is 0 Å². The van der Waals surface area contributed by atoms with Gasteiger partial charge in [0.05, 0.1) is 6.04 Å². The minimum atomic E-state index is -0.0152. The lowest BCUT2D eigenvalue weighted by Gasteiger charge is -2.14. The fourth-order valence-corrected chi connectivity index (χ4v) is 0.957. The van der Waals surface area contributed by atoms with E-state index in [1.807, 2.05) is 13.8 Å². The monoisotopic (exact) mass is 158 g/mol. The standard InChI is InChI=1S/C8H18N2O/c1-7(2)10-8(6-11)4-3-5-9/h6-8,10H,3-5,9H2,1-2H3/t8-/m0/s1. The number of carbonyl (C=O) groups excluding carboxylic acids is 1. The van der Waals surface area contributed by atoms with Crippen molar-refractivity contribution in [1.29, 1.82) is 0 Å². The van der Waals surface area contributed by atoms with E-state index in [0.717, 1.165) is 19.1 Å². The van der Waals surface area contributed by atoms with E-state index in [1.165, 1.54) is 0 Å². The van der Waals surface area contributed by atoms with Gasteiger partial charge >= 0.3 is 0 Å². The van der Waals surface area contributed by atoms with Gasteiger partial charge in [-0.1, -0.05) is 13.8 Å². The zero-order valence-corrected chi connectivity index (χ0v) is 7.34. The van der Waals surface area contributed by atoms with Crippen LogP contribution in [0.5, 0.6) is 0 Å². The molecule has 0 aliphatic rings. The first kappa shape index (κ1) is 10.6. The van der Waals surface area contributed by atoms with Crippen molar-refractivity contribution in [3.8, 4) is 0 Å². The van der Waals surface area contributed by atoms with Gasteiger partial charge < -0.3 is 15.8 Å². The van der Waals surface area contributed by atoms with E-state index in [9.17, 15) is 4.79 Å². The third kappa shape index (κ3) is 6.01. The minimum Gasteiger partial charge on any atom is -0.330 e. The van der Waals surface area contributed by atoms with Crippen LogP contribution in [0.25, 0.3) is 0 Å². The van der Waals surface area contributed by atoms with Crippen molar-refractivity contribution in [3.63, 3.8) is 0 Å². The number of carbonyl (C=O) groups is 1. The van der Waals surface area contributed by atoms with Gasteiger partial charge in [-0.05, 0) is 19.4 Å². The van der Waals surface area contributed by atoms with Gasteiger partial charge in [0, 0.05) is 6.04 Å². The van der Waals surface area contributed by atoms with Gasteiger partial charge in [0.2, 0.25) is 0 Å². The third-order valence-corrected chi connectivity index (χ3v) is 1.43. The second-order valence-electron chi connectivity index (χ2n) is 2.99. The number of nitrogens with two attached hydrogens (primary N) is 1. The van der Waals surface area contributed by atoms with E-state index in [0.29, 0.717) is 12.6 Å². The molecular weight excluding hydrogens is 140 g/mol. The Kier molecular flexibility index (Phi) is 6.07. The molecule has 3 nitrogen and oxygen atoms in total. The van der Waals surface area contributed by atoms with Crippen LogP contribution in [0.2, 0.25) is 0 Å². The van der Waals surface area contributed by atoms with Gasteiger partial charge in [-0.15, -0.1) is 0 Å². The summed E-state index contributed by atoms with van der Waals surface area (Å²) in [5, 5.41) is 3.14. The van der Waals surface area contributed by atoms with Crippen LogP contribution in [0.4, 0.5) is 0 Å². The molecule has 0 aliphatic carbocycles.